The summed E-state index contributed by atoms with van der Waals surface area (Å²) in [5.41, 5.74) is 1.84. The number of amides is 3. The molecule has 1 heterocycles. The zero-order valence-electron chi connectivity index (χ0n) is 14.1. The molecule has 26 heavy (non-hydrogen) atoms. The molecule has 2 aromatic rings. The Morgan fingerprint density at radius 1 is 1.00 bits per heavy atom. The first-order chi connectivity index (χ1) is 12.5. The van der Waals surface area contributed by atoms with Gasteiger partial charge in [0.2, 0.25) is 0 Å². The molecule has 1 aliphatic heterocycles. The second-order valence-corrected chi connectivity index (χ2v) is 6.22. The number of rotatable bonds is 3. The van der Waals surface area contributed by atoms with Gasteiger partial charge in [0, 0.05) is 18.8 Å². The van der Waals surface area contributed by atoms with E-state index in [2.05, 4.69) is 10.6 Å². The molecular weight excluding hydrogens is 337 g/mol. The number of piperidine rings is 1. The summed E-state index contributed by atoms with van der Waals surface area (Å²) in [5, 5.41) is 14.1. The molecule has 3 amide bonds. The first kappa shape index (κ1) is 17.7. The molecule has 0 aliphatic carbocycles. The highest BCUT2D eigenvalue weighted by molar-refractivity contribution is 5.99. The van der Waals surface area contributed by atoms with Crippen LogP contribution in [0.3, 0.4) is 0 Å². The molecule has 1 saturated heterocycles. The first-order valence-electron chi connectivity index (χ1n) is 8.43. The third kappa shape index (κ3) is 4.30. The van der Waals surface area contributed by atoms with Crippen LogP contribution < -0.4 is 10.6 Å². The zero-order valence-corrected chi connectivity index (χ0v) is 14.1. The van der Waals surface area contributed by atoms with Crippen LogP contribution in [0, 0.1) is 5.82 Å². The SMILES string of the molecule is O=C(Nc1ccc(C2CCN(C(=O)O)CC2)cc1)Nc1ccccc1F. The van der Waals surface area contributed by atoms with E-state index in [-0.39, 0.29) is 5.69 Å². The number of para-hydroxylation sites is 1. The molecule has 0 spiro atoms. The standard InChI is InChI=1S/C19H20FN3O3/c20-16-3-1-2-4-17(16)22-18(24)21-15-7-5-13(6-8-15)14-9-11-23(12-10-14)19(25)26/h1-8,14H,9-12H2,(H,25,26)(H2,21,22,24). The number of nitrogens with one attached hydrogen (secondary N) is 2. The highest BCUT2D eigenvalue weighted by Gasteiger charge is 2.23. The van der Waals surface area contributed by atoms with Crippen LogP contribution in [0.2, 0.25) is 0 Å². The van der Waals surface area contributed by atoms with E-state index in [0.717, 1.165) is 18.4 Å². The van der Waals surface area contributed by atoms with E-state index < -0.39 is 17.9 Å². The third-order valence-electron chi connectivity index (χ3n) is 4.53. The van der Waals surface area contributed by atoms with Gasteiger partial charge in [0.1, 0.15) is 5.82 Å². The largest absolute Gasteiger partial charge is 0.465 e. The lowest BCUT2D eigenvalue weighted by atomic mass is 9.89. The van der Waals surface area contributed by atoms with Crippen LogP contribution >= 0.6 is 0 Å². The summed E-state index contributed by atoms with van der Waals surface area (Å²) in [7, 11) is 0. The molecule has 0 aromatic heterocycles. The van der Waals surface area contributed by atoms with Gasteiger partial charge in [-0.25, -0.2) is 14.0 Å². The van der Waals surface area contributed by atoms with Gasteiger partial charge in [0.05, 0.1) is 5.69 Å². The van der Waals surface area contributed by atoms with Gasteiger partial charge in [-0.05, 0) is 48.6 Å². The molecule has 3 rings (SSSR count). The molecule has 6 nitrogen and oxygen atoms in total. The van der Waals surface area contributed by atoms with E-state index in [9.17, 15) is 14.0 Å². The number of nitrogens with zero attached hydrogens (tertiary/aromatic N) is 1. The van der Waals surface area contributed by atoms with Crippen molar-refractivity contribution >= 4 is 23.5 Å². The Hall–Kier alpha value is -3.09. The molecule has 7 heteroatoms. The van der Waals surface area contributed by atoms with Gasteiger partial charge >= 0.3 is 12.1 Å². The molecule has 0 atom stereocenters. The Balaban J connectivity index is 1.55. The Labute approximate surface area is 150 Å². The molecule has 2 aromatic carbocycles. The number of likely N-dealkylation sites (tertiary alicyclic amines) is 1. The number of carbonyl (C=O) groups is 2. The Morgan fingerprint density at radius 3 is 2.27 bits per heavy atom. The monoisotopic (exact) mass is 357 g/mol. The third-order valence-corrected chi connectivity index (χ3v) is 4.53. The molecular formula is C19H20FN3O3. The second kappa shape index (κ2) is 7.86. The van der Waals surface area contributed by atoms with Crippen molar-refractivity contribution in [2.75, 3.05) is 23.7 Å². The van der Waals surface area contributed by atoms with Gasteiger partial charge in [-0.3, -0.25) is 0 Å². The molecule has 0 saturated carbocycles. The first-order valence-corrected chi connectivity index (χ1v) is 8.43. The van der Waals surface area contributed by atoms with Crippen LogP contribution in [-0.2, 0) is 0 Å². The minimum atomic E-state index is -0.871. The topological polar surface area (TPSA) is 81.7 Å². The minimum absolute atomic E-state index is 0.117. The summed E-state index contributed by atoms with van der Waals surface area (Å²) >= 11 is 0. The molecule has 0 unspecified atom stereocenters. The van der Waals surface area contributed by atoms with Crippen LogP contribution in [0.5, 0.6) is 0 Å². The highest BCUT2D eigenvalue weighted by atomic mass is 19.1. The van der Waals surface area contributed by atoms with Crippen LogP contribution in [-0.4, -0.2) is 35.2 Å². The zero-order chi connectivity index (χ0) is 18.5. The Bertz CT molecular complexity index is 787. The number of anilines is 2. The lowest BCUT2D eigenvalue weighted by Gasteiger charge is -2.30. The smallest absolute Gasteiger partial charge is 0.407 e. The van der Waals surface area contributed by atoms with Gasteiger partial charge in [0.25, 0.3) is 0 Å². The quantitative estimate of drug-likeness (QED) is 0.765. The Kier molecular flexibility index (Phi) is 5.36. The number of benzene rings is 2. The lowest BCUT2D eigenvalue weighted by molar-refractivity contribution is 0.132. The Morgan fingerprint density at radius 2 is 1.65 bits per heavy atom. The molecule has 0 radical (unpaired) electrons. The number of hydrogen-bond acceptors (Lipinski definition) is 2. The van der Waals surface area contributed by atoms with Crippen molar-refractivity contribution < 1.29 is 19.1 Å². The molecule has 3 N–H and O–H groups in total. The van der Waals surface area contributed by atoms with Crippen LogP contribution in [0.1, 0.15) is 24.3 Å². The summed E-state index contributed by atoms with van der Waals surface area (Å²) in [6, 6.07) is 12.9. The molecule has 136 valence electrons. The van der Waals surface area contributed by atoms with Crippen molar-refractivity contribution in [1.29, 1.82) is 0 Å². The van der Waals surface area contributed by atoms with Gasteiger partial charge in [-0.1, -0.05) is 24.3 Å². The number of halogens is 1. The fourth-order valence-corrected chi connectivity index (χ4v) is 3.09. The van der Waals surface area contributed by atoms with E-state index in [0.29, 0.717) is 24.7 Å². The summed E-state index contributed by atoms with van der Waals surface area (Å²) in [5.74, 6) is -0.183. The summed E-state index contributed by atoms with van der Waals surface area (Å²) in [6.45, 7) is 1.07. The van der Waals surface area contributed by atoms with E-state index in [1.54, 1.807) is 24.3 Å². The highest BCUT2D eigenvalue weighted by Crippen LogP contribution is 2.28. The van der Waals surface area contributed by atoms with Crippen LogP contribution in [0.15, 0.2) is 48.5 Å². The molecule has 0 bridgehead atoms. The van der Waals surface area contributed by atoms with Crippen molar-refractivity contribution in [3.63, 3.8) is 0 Å². The maximum atomic E-state index is 13.5. The van der Waals surface area contributed by atoms with Crippen molar-refractivity contribution in [3.8, 4) is 0 Å². The average Bonchev–Trinajstić information content (AvgIpc) is 2.64. The van der Waals surface area contributed by atoms with E-state index in [1.807, 2.05) is 12.1 Å². The maximum absolute atomic E-state index is 13.5. The van der Waals surface area contributed by atoms with E-state index in [4.69, 9.17) is 5.11 Å². The summed E-state index contributed by atoms with van der Waals surface area (Å²) in [4.78, 5) is 24.4. The predicted molar refractivity (Wildman–Crippen MR) is 97.1 cm³/mol. The van der Waals surface area contributed by atoms with Crippen LogP contribution in [0.25, 0.3) is 0 Å². The average molecular weight is 357 g/mol. The predicted octanol–water partition coefficient (Wildman–Crippen LogP) is 4.33. The van der Waals surface area contributed by atoms with Gasteiger partial charge in [-0.2, -0.15) is 0 Å². The minimum Gasteiger partial charge on any atom is -0.465 e. The van der Waals surface area contributed by atoms with E-state index in [1.165, 1.54) is 17.0 Å². The normalized spacial score (nSPS) is 14.7. The van der Waals surface area contributed by atoms with Crippen molar-refractivity contribution in [1.82, 2.24) is 4.90 Å². The number of carbonyl (C=O) groups excluding carboxylic acids is 1. The van der Waals surface area contributed by atoms with Gasteiger partial charge < -0.3 is 20.6 Å². The lowest BCUT2D eigenvalue weighted by Crippen LogP contribution is -2.36. The number of carboxylic acid groups (broad SMARTS) is 1. The molecule has 1 aliphatic rings. The van der Waals surface area contributed by atoms with Crippen molar-refractivity contribution in [3.05, 3.63) is 59.9 Å². The number of hydrogen-bond donors (Lipinski definition) is 3. The van der Waals surface area contributed by atoms with Gasteiger partial charge in [0.15, 0.2) is 0 Å². The van der Waals surface area contributed by atoms with Crippen LogP contribution in [0.4, 0.5) is 25.4 Å². The van der Waals surface area contributed by atoms with E-state index >= 15 is 0 Å². The van der Waals surface area contributed by atoms with Crippen molar-refractivity contribution in [2.24, 2.45) is 0 Å². The summed E-state index contributed by atoms with van der Waals surface area (Å²) in [6.07, 6.45) is 0.698. The van der Waals surface area contributed by atoms with Gasteiger partial charge in [-0.15, -0.1) is 0 Å². The maximum Gasteiger partial charge on any atom is 0.407 e. The van der Waals surface area contributed by atoms with Crippen molar-refractivity contribution in [2.45, 2.75) is 18.8 Å². The fourth-order valence-electron chi connectivity index (χ4n) is 3.09. The fraction of sp³-hybridized carbons (Fsp3) is 0.263. The second-order valence-electron chi connectivity index (χ2n) is 6.22. The number of urea groups is 1. The summed E-state index contributed by atoms with van der Waals surface area (Å²) < 4.78 is 13.5. The molecule has 1 fully saturated rings.